The topological polar surface area (TPSA) is 35.9 Å². The summed E-state index contributed by atoms with van der Waals surface area (Å²) in [7, 11) is 0. The predicted molar refractivity (Wildman–Crippen MR) is 111 cm³/mol. The molecule has 4 nitrogen and oxygen atoms in total. The number of piperidine rings is 1. The second-order valence-corrected chi connectivity index (χ2v) is 8.83. The van der Waals surface area contributed by atoms with E-state index in [4.69, 9.17) is 0 Å². The van der Waals surface area contributed by atoms with Crippen LogP contribution in [0.3, 0.4) is 0 Å². The number of benzene rings is 1. The van der Waals surface area contributed by atoms with E-state index >= 15 is 0 Å². The van der Waals surface area contributed by atoms with Crippen molar-refractivity contribution in [3.05, 3.63) is 46.5 Å². The zero-order valence-electron chi connectivity index (χ0n) is 18.0. The molecule has 1 fully saturated rings. The van der Waals surface area contributed by atoms with Crippen LogP contribution in [0.5, 0.6) is 0 Å². The number of alkyl halides is 6. The summed E-state index contributed by atoms with van der Waals surface area (Å²) in [6.45, 7) is 0.195. The van der Waals surface area contributed by atoms with Crippen molar-refractivity contribution in [2.24, 2.45) is 4.99 Å². The average Bonchev–Trinajstić information content (AvgIpc) is 3.03. The third-order valence-corrected chi connectivity index (χ3v) is 6.57. The van der Waals surface area contributed by atoms with E-state index in [0.29, 0.717) is 44.3 Å². The van der Waals surface area contributed by atoms with Crippen molar-refractivity contribution in [1.82, 2.24) is 9.80 Å². The molecule has 3 heterocycles. The fourth-order valence-electron chi connectivity index (χ4n) is 5.01. The van der Waals surface area contributed by atoms with Crippen LogP contribution in [0.4, 0.5) is 26.3 Å². The number of hydrogen-bond donors (Lipinski definition) is 0. The van der Waals surface area contributed by atoms with Gasteiger partial charge >= 0.3 is 12.4 Å². The molecule has 4 rings (SSSR count). The van der Waals surface area contributed by atoms with Crippen LogP contribution in [0.25, 0.3) is 0 Å². The van der Waals surface area contributed by atoms with Crippen molar-refractivity contribution in [2.45, 2.75) is 44.0 Å². The summed E-state index contributed by atoms with van der Waals surface area (Å²) in [5, 5.41) is 0. The van der Waals surface area contributed by atoms with E-state index in [1.807, 2.05) is 0 Å². The van der Waals surface area contributed by atoms with Gasteiger partial charge in [0.05, 0.1) is 18.7 Å². The Labute approximate surface area is 187 Å². The lowest BCUT2D eigenvalue weighted by Crippen LogP contribution is -2.43. The minimum Gasteiger partial charge on any atom is -0.337 e. The van der Waals surface area contributed by atoms with Gasteiger partial charge in [0.2, 0.25) is 0 Å². The molecule has 0 aromatic heterocycles. The smallest absolute Gasteiger partial charge is 0.337 e. The molecule has 1 aromatic rings. The summed E-state index contributed by atoms with van der Waals surface area (Å²) in [6, 6.07) is 5.52. The summed E-state index contributed by atoms with van der Waals surface area (Å²) < 4.78 is 78.9. The first-order valence-electron chi connectivity index (χ1n) is 11.0. The number of hydrogen-bond acceptors (Lipinski definition) is 3. The number of rotatable bonds is 3. The highest BCUT2D eigenvalue weighted by Gasteiger charge is 2.38. The molecule has 180 valence electrons. The van der Waals surface area contributed by atoms with Gasteiger partial charge in [-0.05, 0) is 60.9 Å². The van der Waals surface area contributed by atoms with E-state index in [-0.39, 0.29) is 42.7 Å². The molecule has 0 atom stereocenters. The Morgan fingerprint density at radius 3 is 2.39 bits per heavy atom. The average molecular weight is 473 g/mol. The van der Waals surface area contributed by atoms with Gasteiger partial charge in [0.25, 0.3) is 5.91 Å². The standard InChI is InChI=1S/C23H25F6N3O/c24-22(25,26)14-31-9-3-4-16-12-30-20(18(16)13-31)21(33)32-10-7-15(8-11-32)17-5-1-2-6-19(17)23(27,28)29/h1-2,5-6,15H,3-4,7-14H2. The largest absolute Gasteiger partial charge is 0.416 e. The molecular weight excluding hydrogens is 448 g/mol. The first-order chi connectivity index (χ1) is 15.5. The number of carbonyl (C=O) groups excluding carboxylic acids is 1. The number of carbonyl (C=O) groups is 1. The van der Waals surface area contributed by atoms with Gasteiger partial charge in [0.1, 0.15) is 5.71 Å². The molecule has 0 radical (unpaired) electrons. The molecule has 0 saturated carbocycles. The van der Waals surface area contributed by atoms with Gasteiger partial charge in [-0.1, -0.05) is 18.2 Å². The van der Waals surface area contributed by atoms with Gasteiger partial charge in [-0.3, -0.25) is 14.7 Å². The summed E-state index contributed by atoms with van der Waals surface area (Å²) in [5.41, 5.74) is 1.32. The van der Waals surface area contributed by atoms with E-state index in [1.165, 1.54) is 17.0 Å². The summed E-state index contributed by atoms with van der Waals surface area (Å²) in [4.78, 5) is 20.4. The molecule has 0 aliphatic carbocycles. The first-order valence-corrected chi connectivity index (χ1v) is 11.0. The Balaban J connectivity index is 1.43. The summed E-state index contributed by atoms with van der Waals surface area (Å²) in [6.07, 6.45) is -6.79. The Hall–Kier alpha value is -2.36. The lowest BCUT2D eigenvalue weighted by Gasteiger charge is -2.33. The maximum Gasteiger partial charge on any atom is 0.416 e. The highest BCUT2D eigenvalue weighted by atomic mass is 19.4. The van der Waals surface area contributed by atoms with Crippen LogP contribution in [0.15, 0.2) is 40.4 Å². The van der Waals surface area contributed by atoms with Gasteiger partial charge in [-0.15, -0.1) is 0 Å². The molecule has 0 spiro atoms. The van der Waals surface area contributed by atoms with E-state index in [1.54, 1.807) is 11.0 Å². The lowest BCUT2D eigenvalue weighted by atomic mass is 9.86. The van der Waals surface area contributed by atoms with Crippen LogP contribution in [0.1, 0.15) is 42.7 Å². The number of likely N-dealkylation sites (tertiary alicyclic amines) is 1. The van der Waals surface area contributed by atoms with Crippen molar-refractivity contribution >= 4 is 11.6 Å². The molecule has 10 heteroatoms. The number of amides is 1. The molecule has 33 heavy (non-hydrogen) atoms. The fraction of sp³-hybridized carbons (Fsp3) is 0.565. The number of nitrogens with zero attached hydrogens (tertiary/aromatic N) is 3. The quantitative estimate of drug-likeness (QED) is 0.591. The van der Waals surface area contributed by atoms with Crippen LogP contribution >= 0.6 is 0 Å². The van der Waals surface area contributed by atoms with Crippen LogP contribution in [0.2, 0.25) is 0 Å². The summed E-state index contributed by atoms with van der Waals surface area (Å²) >= 11 is 0. The molecule has 0 unspecified atom stereocenters. The second-order valence-electron chi connectivity index (χ2n) is 8.83. The molecular formula is C23H25F6N3O. The van der Waals surface area contributed by atoms with Crippen molar-refractivity contribution in [3.8, 4) is 0 Å². The minimum atomic E-state index is -4.44. The lowest BCUT2D eigenvalue weighted by molar-refractivity contribution is -0.144. The Morgan fingerprint density at radius 2 is 1.73 bits per heavy atom. The van der Waals surface area contributed by atoms with E-state index < -0.39 is 24.5 Å². The highest BCUT2D eigenvalue weighted by molar-refractivity contribution is 6.46. The SMILES string of the molecule is O=C(C1=NCC2=C1CN(CC(F)(F)F)CCC2)N1CCC(c2ccccc2C(F)(F)F)CC1. The van der Waals surface area contributed by atoms with Crippen molar-refractivity contribution in [2.75, 3.05) is 39.3 Å². The van der Waals surface area contributed by atoms with Crippen molar-refractivity contribution in [1.29, 1.82) is 0 Å². The summed E-state index contributed by atoms with van der Waals surface area (Å²) in [5.74, 6) is -0.649. The van der Waals surface area contributed by atoms with Crippen LogP contribution in [0, 0.1) is 0 Å². The third-order valence-electron chi connectivity index (χ3n) is 6.57. The fourth-order valence-corrected chi connectivity index (χ4v) is 5.01. The molecule has 3 aliphatic heterocycles. The highest BCUT2D eigenvalue weighted by Crippen LogP contribution is 2.39. The minimum absolute atomic E-state index is 0.0365. The second kappa shape index (κ2) is 9.12. The van der Waals surface area contributed by atoms with E-state index in [0.717, 1.165) is 11.6 Å². The normalized spacial score (nSPS) is 21.2. The van der Waals surface area contributed by atoms with Crippen LogP contribution in [-0.2, 0) is 11.0 Å². The predicted octanol–water partition coefficient (Wildman–Crippen LogP) is 4.82. The van der Waals surface area contributed by atoms with Crippen LogP contribution < -0.4 is 0 Å². The number of halogens is 6. The van der Waals surface area contributed by atoms with E-state index in [2.05, 4.69) is 4.99 Å². The molecule has 1 aromatic carbocycles. The number of aliphatic imine (C=N–C) groups is 1. The third kappa shape index (κ3) is 5.42. The Bertz CT molecular complexity index is 958. The van der Waals surface area contributed by atoms with Gasteiger partial charge in [0.15, 0.2) is 0 Å². The molecule has 0 N–H and O–H groups in total. The van der Waals surface area contributed by atoms with Gasteiger partial charge < -0.3 is 4.90 Å². The maximum atomic E-state index is 13.4. The van der Waals surface area contributed by atoms with Gasteiger partial charge in [-0.2, -0.15) is 26.3 Å². The molecule has 0 bridgehead atoms. The van der Waals surface area contributed by atoms with Crippen molar-refractivity contribution in [3.63, 3.8) is 0 Å². The van der Waals surface area contributed by atoms with Gasteiger partial charge in [0, 0.05) is 19.6 Å². The molecule has 1 saturated heterocycles. The maximum absolute atomic E-state index is 13.4. The molecule has 1 amide bonds. The Kier molecular flexibility index (Phi) is 6.57. The Morgan fingerprint density at radius 1 is 1.03 bits per heavy atom. The van der Waals surface area contributed by atoms with Gasteiger partial charge in [-0.25, -0.2) is 0 Å². The van der Waals surface area contributed by atoms with Crippen molar-refractivity contribution < 1.29 is 31.1 Å². The molecule has 3 aliphatic rings. The van der Waals surface area contributed by atoms with Crippen LogP contribution in [-0.4, -0.2) is 66.9 Å². The zero-order valence-corrected chi connectivity index (χ0v) is 18.0. The monoisotopic (exact) mass is 473 g/mol. The van der Waals surface area contributed by atoms with E-state index in [9.17, 15) is 31.1 Å². The first kappa shape index (κ1) is 23.8. The zero-order chi connectivity index (χ0) is 23.8.